The van der Waals surface area contributed by atoms with E-state index in [9.17, 15) is 4.79 Å². The largest absolute Gasteiger partial charge is 0.495 e. The Hall–Kier alpha value is -3.77. The lowest BCUT2D eigenvalue weighted by Gasteiger charge is -2.08. The fraction of sp³-hybridized carbons (Fsp3) is 0.0435. The standard InChI is InChI=1S/C23H18ClN3O3/c1-29-22-10-8-16(14-19(22)24)21-11-9-17(30-21)15-25-26-23(28)18-6-2-3-7-20(18)27-12-4-5-13-27/h2-15H,1H3,(H,26,28)/b25-15-. The summed E-state index contributed by atoms with van der Waals surface area (Å²) in [7, 11) is 1.56. The number of hydrazone groups is 1. The van der Waals surface area contributed by atoms with Crippen LogP contribution < -0.4 is 10.2 Å². The Morgan fingerprint density at radius 3 is 2.67 bits per heavy atom. The minimum atomic E-state index is -0.315. The Morgan fingerprint density at radius 1 is 1.10 bits per heavy atom. The third-order valence-corrected chi connectivity index (χ3v) is 4.75. The molecule has 1 N–H and O–H groups in total. The van der Waals surface area contributed by atoms with Crippen molar-refractivity contribution in [1.82, 2.24) is 9.99 Å². The van der Waals surface area contributed by atoms with Crippen LogP contribution in [0.25, 0.3) is 17.0 Å². The number of carbonyl (C=O) groups excluding carboxylic acids is 1. The van der Waals surface area contributed by atoms with E-state index in [0.29, 0.717) is 27.9 Å². The molecule has 4 rings (SSSR count). The first-order valence-electron chi connectivity index (χ1n) is 9.15. The first-order chi connectivity index (χ1) is 14.7. The van der Waals surface area contributed by atoms with Crippen molar-refractivity contribution in [2.45, 2.75) is 0 Å². The van der Waals surface area contributed by atoms with E-state index in [2.05, 4.69) is 10.5 Å². The van der Waals surface area contributed by atoms with Gasteiger partial charge in [0.05, 0.1) is 29.6 Å². The SMILES string of the molecule is COc1ccc(-c2ccc(/C=N\NC(=O)c3ccccc3-n3cccc3)o2)cc1Cl. The van der Waals surface area contributed by atoms with Gasteiger partial charge in [0.1, 0.15) is 17.3 Å². The molecule has 0 atom stereocenters. The topological polar surface area (TPSA) is 68.8 Å². The molecule has 0 aliphatic heterocycles. The second kappa shape index (κ2) is 8.71. The molecule has 0 aliphatic rings. The average molecular weight is 420 g/mol. The second-order valence-corrected chi connectivity index (χ2v) is 6.77. The van der Waals surface area contributed by atoms with Crippen LogP contribution in [0.3, 0.4) is 0 Å². The van der Waals surface area contributed by atoms with Crippen molar-refractivity contribution < 1.29 is 13.9 Å². The number of para-hydroxylation sites is 1. The number of hydrogen-bond donors (Lipinski definition) is 1. The summed E-state index contributed by atoms with van der Waals surface area (Å²) in [5.41, 5.74) is 4.64. The lowest BCUT2D eigenvalue weighted by molar-refractivity contribution is 0.0955. The van der Waals surface area contributed by atoms with Gasteiger partial charge in [-0.25, -0.2) is 5.43 Å². The summed E-state index contributed by atoms with van der Waals surface area (Å²) in [5, 5.41) is 4.51. The van der Waals surface area contributed by atoms with Crippen molar-refractivity contribution in [2.24, 2.45) is 5.10 Å². The molecule has 7 heteroatoms. The van der Waals surface area contributed by atoms with Crippen LogP contribution >= 0.6 is 11.6 Å². The fourth-order valence-electron chi connectivity index (χ4n) is 3.00. The van der Waals surface area contributed by atoms with Crippen molar-refractivity contribution in [3.8, 4) is 22.8 Å². The molecule has 4 aromatic rings. The van der Waals surface area contributed by atoms with Gasteiger partial charge in [0.15, 0.2) is 0 Å². The maximum absolute atomic E-state index is 12.6. The van der Waals surface area contributed by atoms with Crippen LogP contribution in [0.1, 0.15) is 16.1 Å². The first kappa shape index (κ1) is 19.5. The van der Waals surface area contributed by atoms with Gasteiger partial charge in [-0.05, 0) is 54.6 Å². The minimum absolute atomic E-state index is 0.315. The molecule has 0 unspecified atom stereocenters. The molecule has 30 heavy (non-hydrogen) atoms. The van der Waals surface area contributed by atoms with E-state index in [1.807, 2.05) is 59.4 Å². The van der Waals surface area contributed by atoms with Gasteiger partial charge in [-0.1, -0.05) is 23.7 Å². The molecule has 0 radical (unpaired) electrons. The summed E-state index contributed by atoms with van der Waals surface area (Å²) >= 11 is 6.17. The van der Waals surface area contributed by atoms with E-state index in [-0.39, 0.29) is 5.91 Å². The smallest absolute Gasteiger partial charge is 0.273 e. The van der Waals surface area contributed by atoms with E-state index in [0.717, 1.165) is 11.3 Å². The zero-order valence-electron chi connectivity index (χ0n) is 16.1. The van der Waals surface area contributed by atoms with Crippen molar-refractivity contribution >= 4 is 23.7 Å². The highest BCUT2D eigenvalue weighted by atomic mass is 35.5. The third-order valence-electron chi connectivity index (χ3n) is 4.45. The number of carbonyl (C=O) groups is 1. The van der Waals surface area contributed by atoms with Gasteiger partial charge in [-0.3, -0.25) is 4.79 Å². The van der Waals surface area contributed by atoms with E-state index < -0.39 is 0 Å². The average Bonchev–Trinajstić information content (AvgIpc) is 3.46. The number of aromatic nitrogens is 1. The van der Waals surface area contributed by atoms with E-state index in [1.165, 1.54) is 6.21 Å². The number of nitrogens with zero attached hydrogens (tertiary/aromatic N) is 2. The summed E-state index contributed by atoms with van der Waals surface area (Å²) < 4.78 is 12.8. The summed E-state index contributed by atoms with van der Waals surface area (Å²) in [6.07, 6.45) is 5.21. The lowest BCUT2D eigenvalue weighted by atomic mass is 10.1. The van der Waals surface area contributed by atoms with Crippen molar-refractivity contribution in [3.63, 3.8) is 0 Å². The number of halogens is 1. The first-order valence-corrected chi connectivity index (χ1v) is 9.53. The van der Waals surface area contributed by atoms with Gasteiger partial charge in [0, 0.05) is 18.0 Å². The molecule has 2 heterocycles. The zero-order chi connectivity index (χ0) is 20.9. The molecule has 0 fully saturated rings. The van der Waals surface area contributed by atoms with Crippen molar-refractivity contribution in [3.05, 3.63) is 95.5 Å². The van der Waals surface area contributed by atoms with Gasteiger partial charge in [-0.2, -0.15) is 5.10 Å². The Bertz CT molecular complexity index is 1200. The normalized spacial score (nSPS) is 11.0. The van der Waals surface area contributed by atoms with Gasteiger partial charge in [-0.15, -0.1) is 0 Å². The monoisotopic (exact) mass is 419 g/mol. The van der Waals surface area contributed by atoms with Crippen LogP contribution in [0.4, 0.5) is 0 Å². The van der Waals surface area contributed by atoms with Gasteiger partial charge < -0.3 is 13.7 Å². The molecule has 150 valence electrons. The lowest BCUT2D eigenvalue weighted by Crippen LogP contribution is -2.19. The fourth-order valence-corrected chi connectivity index (χ4v) is 3.26. The van der Waals surface area contributed by atoms with Gasteiger partial charge >= 0.3 is 0 Å². The molecule has 2 aromatic carbocycles. The number of benzene rings is 2. The van der Waals surface area contributed by atoms with Crippen LogP contribution in [-0.4, -0.2) is 23.8 Å². The summed E-state index contributed by atoms with van der Waals surface area (Å²) in [6.45, 7) is 0. The number of methoxy groups -OCH3 is 1. The van der Waals surface area contributed by atoms with Crippen LogP contribution in [0.2, 0.25) is 5.02 Å². The summed E-state index contributed by atoms with van der Waals surface area (Å²) in [5.74, 6) is 1.40. The second-order valence-electron chi connectivity index (χ2n) is 6.36. The molecule has 0 saturated carbocycles. The van der Waals surface area contributed by atoms with Crippen LogP contribution in [-0.2, 0) is 0 Å². The van der Waals surface area contributed by atoms with Crippen molar-refractivity contribution in [1.29, 1.82) is 0 Å². The maximum atomic E-state index is 12.6. The Morgan fingerprint density at radius 2 is 1.90 bits per heavy atom. The number of nitrogens with one attached hydrogen (secondary N) is 1. The zero-order valence-corrected chi connectivity index (χ0v) is 16.8. The van der Waals surface area contributed by atoms with Crippen LogP contribution in [0.15, 0.2) is 88.6 Å². The van der Waals surface area contributed by atoms with E-state index in [1.54, 1.807) is 31.4 Å². The van der Waals surface area contributed by atoms with Gasteiger partial charge in [0.25, 0.3) is 5.91 Å². The number of hydrogen-bond acceptors (Lipinski definition) is 4. The Labute approximate surface area is 178 Å². The highest BCUT2D eigenvalue weighted by Gasteiger charge is 2.11. The number of ether oxygens (including phenoxy) is 1. The highest BCUT2D eigenvalue weighted by Crippen LogP contribution is 2.30. The van der Waals surface area contributed by atoms with E-state index in [4.69, 9.17) is 20.8 Å². The molecule has 1 amide bonds. The molecule has 0 saturated heterocycles. The molecule has 0 bridgehead atoms. The summed E-state index contributed by atoms with van der Waals surface area (Å²) in [6, 6.07) is 20.1. The molecule has 6 nitrogen and oxygen atoms in total. The molecule has 2 aromatic heterocycles. The third kappa shape index (κ3) is 4.14. The van der Waals surface area contributed by atoms with Crippen LogP contribution in [0, 0.1) is 0 Å². The highest BCUT2D eigenvalue weighted by molar-refractivity contribution is 6.32. The molecule has 0 spiro atoms. The number of rotatable bonds is 6. The molecule has 0 aliphatic carbocycles. The maximum Gasteiger partial charge on any atom is 0.273 e. The minimum Gasteiger partial charge on any atom is -0.495 e. The molecular formula is C23H18ClN3O3. The number of amides is 1. The van der Waals surface area contributed by atoms with Gasteiger partial charge in [0.2, 0.25) is 0 Å². The summed E-state index contributed by atoms with van der Waals surface area (Å²) in [4.78, 5) is 12.6. The predicted molar refractivity (Wildman–Crippen MR) is 117 cm³/mol. The van der Waals surface area contributed by atoms with E-state index >= 15 is 0 Å². The van der Waals surface area contributed by atoms with Crippen molar-refractivity contribution in [2.75, 3.05) is 7.11 Å². The quantitative estimate of drug-likeness (QED) is 0.346. The Balaban J connectivity index is 1.46. The predicted octanol–water partition coefficient (Wildman–Crippen LogP) is 5.16. The number of furan rings is 1. The Kier molecular flexibility index (Phi) is 5.68. The molecular weight excluding hydrogens is 402 g/mol. The van der Waals surface area contributed by atoms with Crippen LogP contribution in [0.5, 0.6) is 5.75 Å².